The van der Waals surface area contributed by atoms with E-state index in [1.165, 1.54) is 43.3 Å². The normalized spacial score (nSPS) is 11.4. The molecule has 0 saturated heterocycles. The van der Waals surface area contributed by atoms with Gasteiger partial charge in [-0.2, -0.15) is 0 Å². The molecule has 0 fully saturated rings. The number of nitrogens with one attached hydrogen (secondary N) is 1. The van der Waals surface area contributed by atoms with Gasteiger partial charge in [-0.3, -0.25) is 19.8 Å². The first-order valence-electron chi connectivity index (χ1n) is 9.04. The van der Waals surface area contributed by atoms with Gasteiger partial charge in [-0.1, -0.05) is 6.92 Å². The summed E-state index contributed by atoms with van der Waals surface area (Å²) >= 11 is 0. The molecule has 11 heteroatoms. The van der Waals surface area contributed by atoms with Gasteiger partial charge in [-0.25, -0.2) is 4.79 Å². The summed E-state index contributed by atoms with van der Waals surface area (Å²) < 4.78 is 10.6. The molecule has 0 bridgehead atoms. The summed E-state index contributed by atoms with van der Waals surface area (Å²) in [5.41, 5.74) is 5.83. The second kappa shape index (κ2) is 10.1. The van der Waals surface area contributed by atoms with Gasteiger partial charge in [0.15, 0.2) is 0 Å². The number of benzene rings is 1. The fourth-order valence-electron chi connectivity index (χ4n) is 2.70. The highest BCUT2D eigenvalue weighted by Crippen LogP contribution is 2.18. The number of furan rings is 1. The fraction of sp³-hybridized carbons (Fsp3) is 0.250. The Balaban J connectivity index is 2.01. The number of carbonyl (C=O) groups is 4. The number of amides is 1. The molecule has 2 rings (SSSR count). The Labute approximate surface area is 176 Å². The van der Waals surface area contributed by atoms with Gasteiger partial charge in [0.2, 0.25) is 11.7 Å². The lowest BCUT2D eigenvalue weighted by Crippen LogP contribution is -2.42. The predicted octanol–water partition coefficient (Wildman–Crippen LogP) is 0.959. The fourth-order valence-corrected chi connectivity index (χ4v) is 2.70. The summed E-state index contributed by atoms with van der Waals surface area (Å²) in [5, 5.41) is 25.1. The first-order valence-corrected chi connectivity index (χ1v) is 9.04. The number of esters is 1. The van der Waals surface area contributed by atoms with Crippen LogP contribution in [-0.4, -0.2) is 57.9 Å². The first kappa shape index (κ1) is 23.1. The number of rotatable bonds is 10. The lowest BCUT2D eigenvalue weighted by Gasteiger charge is -2.22. The van der Waals surface area contributed by atoms with E-state index < -0.39 is 42.8 Å². The van der Waals surface area contributed by atoms with Crippen LogP contribution in [0.15, 0.2) is 40.8 Å². The number of nitrogens with two attached hydrogens (primary N) is 1. The zero-order valence-corrected chi connectivity index (χ0v) is 16.5. The van der Waals surface area contributed by atoms with Gasteiger partial charge in [0.1, 0.15) is 30.4 Å². The minimum absolute atomic E-state index is 0.0230. The number of aliphatic carboxylic acids is 2. The lowest BCUT2D eigenvalue weighted by molar-refractivity contribution is -0.150. The molecular formula is C20H21N3O8. The summed E-state index contributed by atoms with van der Waals surface area (Å²) in [4.78, 5) is 47.1. The van der Waals surface area contributed by atoms with E-state index in [-0.39, 0.29) is 29.5 Å². The quantitative estimate of drug-likeness (QED) is 0.184. The number of hydrogen-bond donors (Lipinski definition) is 4. The van der Waals surface area contributed by atoms with Crippen molar-refractivity contribution < 1.29 is 38.5 Å². The Kier molecular flexibility index (Phi) is 7.50. The van der Waals surface area contributed by atoms with Gasteiger partial charge in [0.05, 0.1) is 0 Å². The van der Waals surface area contributed by atoms with E-state index >= 15 is 0 Å². The number of carboxylic acid groups (broad SMARTS) is 2. The Morgan fingerprint density at radius 2 is 1.65 bits per heavy atom. The van der Waals surface area contributed by atoms with Crippen LogP contribution in [0.2, 0.25) is 0 Å². The number of nitrogen functional groups attached to an aromatic ring is 1. The van der Waals surface area contributed by atoms with Crippen LogP contribution in [-0.2, 0) is 20.8 Å². The Morgan fingerprint density at radius 3 is 2.16 bits per heavy atom. The van der Waals surface area contributed by atoms with Crippen molar-refractivity contribution >= 4 is 29.7 Å². The van der Waals surface area contributed by atoms with E-state index in [4.69, 9.17) is 30.5 Å². The van der Waals surface area contributed by atoms with Crippen molar-refractivity contribution in [3.63, 3.8) is 0 Å². The molecule has 31 heavy (non-hydrogen) atoms. The maximum Gasteiger partial charge on any atom is 0.379 e. The van der Waals surface area contributed by atoms with Crippen LogP contribution >= 0.6 is 0 Å². The summed E-state index contributed by atoms with van der Waals surface area (Å²) in [5.74, 6) is -4.65. The smallest absolute Gasteiger partial charge is 0.379 e. The van der Waals surface area contributed by atoms with Crippen molar-refractivity contribution in [2.45, 2.75) is 13.3 Å². The van der Waals surface area contributed by atoms with E-state index in [0.29, 0.717) is 5.56 Å². The summed E-state index contributed by atoms with van der Waals surface area (Å²) in [6.07, 6.45) is 0.0230. The third-order valence-electron chi connectivity index (χ3n) is 4.13. The van der Waals surface area contributed by atoms with Gasteiger partial charge in [0.25, 0.3) is 0 Å². The standard InChI is InChI=1S/C20H21N3O8/c1-11(19(28)23(9-16(24)25)10-17(26)27)8-14-6-7-15(30-14)20(29)31-13-4-2-12(3-5-13)18(21)22/h2-7,11H,8-10H2,1H3,(H3,21,22)(H,24,25)(H,26,27). The number of nitrogens with zero attached hydrogens (tertiary/aromatic N) is 1. The largest absolute Gasteiger partial charge is 0.480 e. The zero-order chi connectivity index (χ0) is 23.1. The third-order valence-corrected chi connectivity index (χ3v) is 4.13. The molecule has 0 aliphatic rings. The molecule has 1 aromatic heterocycles. The van der Waals surface area contributed by atoms with Crippen molar-refractivity contribution in [3.05, 3.63) is 53.5 Å². The number of carboxylic acids is 2. The average molecular weight is 431 g/mol. The lowest BCUT2D eigenvalue weighted by atomic mass is 10.0. The number of amidine groups is 1. The summed E-state index contributed by atoms with van der Waals surface area (Å²) in [6.45, 7) is 0.0113. The Morgan fingerprint density at radius 1 is 1.06 bits per heavy atom. The maximum absolute atomic E-state index is 12.4. The monoisotopic (exact) mass is 431 g/mol. The molecule has 11 nitrogen and oxygen atoms in total. The minimum Gasteiger partial charge on any atom is -0.480 e. The van der Waals surface area contributed by atoms with Crippen LogP contribution in [0.3, 0.4) is 0 Å². The molecule has 1 heterocycles. The van der Waals surface area contributed by atoms with Gasteiger partial charge < -0.3 is 30.0 Å². The topological polar surface area (TPSA) is 184 Å². The highest BCUT2D eigenvalue weighted by molar-refractivity contribution is 5.95. The van der Waals surface area contributed by atoms with Gasteiger partial charge in [0, 0.05) is 17.9 Å². The van der Waals surface area contributed by atoms with E-state index in [1.54, 1.807) is 0 Å². The molecule has 1 amide bonds. The molecule has 5 N–H and O–H groups in total. The molecule has 1 unspecified atom stereocenters. The SMILES string of the molecule is CC(Cc1ccc(C(=O)Oc2ccc(C(=N)N)cc2)o1)C(=O)N(CC(=O)O)CC(=O)O. The molecule has 2 aromatic rings. The molecule has 0 aliphatic heterocycles. The van der Waals surface area contributed by atoms with E-state index in [9.17, 15) is 19.2 Å². The van der Waals surface area contributed by atoms with Crippen LogP contribution in [0, 0.1) is 11.3 Å². The van der Waals surface area contributed by atoms with Gasteiger partial charge >= 0.3 is 17.9 Å². The van der Waals surface area contributed by atoms with Crippen molar-refractivity contribution in [2.75, 3.05) is 13.1 Å². The first-order chi connectivity index (χ1) is 14.6. The number of ether oxygens (including phenoxy) is 1. The Bertz CT molecular complexity index is 980. The van der Waals surface area contributed by atoms with Crippen molar-refractivity contribution in [2.24, 2.45) is 11.7 Å². The summed E-state index contributed by atoms with van der Waals surface area (Å²) in [7, 11) is 0. The van der Waals surface area contributed by atoms with E-state index in [0.717, 1.165) is 4.90 Å². The molecule has 164 valence electrons. The van der Waals surface area contributed by atoms with Gasteiger partial charge in [-0.05, 0) is 36.4 Å². The van der Waals surface area contributed by atoms with E-state index in [2.05, 4.69) is 0 Å². The maximum atomic E-state index is 12.4. The van der Waals surface area contributed by atoms with Crippen LogP contribution in [0.1, 0.15) is 28.8 Å². The molecule has 0 saturated carbocycles. The van der Waals surface area contributed by atoms with Crippen molar-refractivity contribution in [3.8, 4) is 5.75 Å². The second-order valence-electron chi connectivity index (χ2n) is 6.68. The number of hydrogen-bond acceptors (Lipinski definition) is 7. The molecule has 0 aliphatic carbocycles. The van der Waals surface area contributed by atoms with Gasteiger partial charge in [-0.15, -0.1) is 0 Å². The predicted molar refractivity (Wildman–Crippen MR) is 106 cm³/mol. The molecule has 1 aromatic carbocycles. The van der Waals surface area contributed by atoms with Crippen molar-refractivity contribution in [1.29, 1.82) is 5.41 Å². The van der Waals surface area contributed by atoms with Crippen LogP contribution < -0.4 is 10.5 Å². The van der Waals surface area contributed by atoms with Crippen molar-refractivity contribution in [1.82, 2.24) is 4.90 Å². The summed E-state index contributed by atoms with van der Waals surface area (Å²) in [6, 6.07) is 8.82. The highest BCUT2D eigenvalue weighted by atomic mass is 16.5. The zero-order valence-electron chi connectivity index (χ0n) is 16.5. The second-order valence-corrected chi connectivity index (χ2v) is 6.68. The van der Waals surface area contributed by atoms with Crippen LogP contribution in [0.4, 0.5) is 0 Å². The highest BCUT2D eigenvalue weighted by Gasteiger charge is 2.26. The molecule has 0 radical (unpaired) electrons. The van der Waals surface area contributed by atoms with Crippen LogP contribution in [0.25, 0.3) is 0 Å². The molecule has 0 spiro atoms. The minimum atomic E-state index is -1.33. The van der Waals surface area contributed by atoms with Crippen LogP contribution in [0.5, 0.6) is 5.75 Å². The van der Waals surface area contributed by atoms with E-state index in [1.807, 2.05) is 0 Å². The Hall–Kier alpha value is -4.15. The number of carbonyl (C=O) groups excluding carboxylic acids is 2. The molecular weight excluding hydrogens is 410 g/mol. The average Bonchev–Trinajstić information content (AvgIpc) is 3.15. The molecule has 1 atom stereocenters. The third kappa shape index (κ3) is 6.70.